The van der Waals surface area contributed by atoms with Gasteiger partial charge in [-0.1, -0.05) is 12.1 Å². The fourth-order valence-corrected chi connectivity index (χ4v) is 2.76. The van der Waals surface area contributed by atoms with Crippen LogP contribution in [-0.4, -0.2) is 32.5 Å². The molecule has 7 heteroatoms. The normalized spacial score (nSPS) is 13.4. The van der Waals surface area contributed by atoms with Crippen LogP contribution in [0.5, 0.6) is 0 Å². The summed E-state index contributed by atoms with van der Waals surface area (Å²) in [6.45, 7) is 1.97. The summed E-state index contributed by atoms with van der Waals surface area (Å²) in [7, 11) is 3.60. The second kappa shape index (κ2) is 7.31. The van der Waals surface area contributed by atoms with Crippen LogP contribution < -0.4 is 10.6 Å². The Morgan fingerprint density at radius 3 is 2.48 bits per heavy atom. The Balaban J connectivity index is 1.68. The van der Waals surface area contributed by atoms with E-state index in [1.807, 2.05) is 56.7 Å². The third kappa shape index (κ3) is 3.77. The van der Waals surface area contributed by atoms with E-state index in [0.717, 1.165) is 16.8 Å². The van der Waals surface area contributed by atoms with Crippen LogP contribution in [0.2, 0.25) is 0 Å². The highest BCUT2D eigenvalue weighted by molar-refractivity contribution is 5.83. The topological polar surface area (TPSA) is 76.8 Å². The van der Waals surface area contributed by atoms with Gasteiger partial charge in [-0.25, -0.2) is 4.68 Å². The molecule has 25 heavy (non-hydrogen) atoms. The zero-order chi connectivity index (χ0) is 17.8. The van der Waals surface area contributed by atoms with Crippen LogP contribution in [0.4, 0.5) is 0 Å². The molecular weight excluding hydrogens is 316 g/mol. The third-order valence-electron chi connectivity index (χ3n) is 4.13. The molecule has 7 nitrogen and oxygen atoms in total. The lowest BCUT2D eigenvalue weighted by Gasteiger charge is -2.19. The van der Waals surface area contributed by atoms with Crippen LogP contribution in [0, 0.1) is 0 Å². The van der Waals surface area contributed by atoms with Crippen LogP contribution in [0.15, 0.2) is 55.1 Å². The van der Waals surface area contributed by atoms with Crippen molar-refractivity contribution in [2.45, 2.75) is 19.0 Å². The summed E-state index contributed by atoms with van der Waals surface area (Å²) >= 11 is 0. The van der Waals surface area contributed by atoms with Crippen LogP contribution in [-0.2, 0) is 11.8 Å². The highest BCUT2D eigenvalue weighted by atomic mass is 16.2. The van der Waals surface area contributed by atoms with Crippen molar-refractivity contribution in [2.75, 3.05) is 7.05 Å². The number of hydrogen-bond donors (Lipinski definition) is 2. The van der Waals surface area contributed by atoms with Gasteiger partial charge in [0.1, 0.15) is 6.04 Å². The van der Waals surface area contributed by atoms with Crippen molar-refractivity contribution in [2.24, 2.45) is 7.05 Å². The summed E-state index contributed by atoms with van der Waals surface area (Å²) in [5.41, 5.74) is 2.85. The lowest BCUT2D eigenvalue weighted by atomic mass is 10.1. The molecule has 1 aromatic carbocycles. The van der Waals surface area contributed by atoms with Gasteiger partial charge < -0.3 is 10.6 Å². The predicted octanol–water partition coefficient (Wildman–Crippen LogP) is 1.74. The molecule has 2 unspecified atom stereocenters. The Morgan fingerprint density at radius 2 is 1.92 bits per heavy atom. The van der Waals surface area contributed by atoms with Gasteiger partial charge in [0.25, 0.3) is 0 Å². The minimum atomic E-state index is -0.431. The van der Waals surface area contributed by atoms with Gasteiger partial charge in [0.05, 0.1) is 17.9 Å². The molecule has 2 heterocycles. The number of likely N-dealkylation sites (N-methyl/N-ethyl adjacent to an activating group) is 1. The van der Waals surface area contributed by atoms with Crippen molar-refractivity contribution in [3.8, 4) is 5.69 Å². The number of nitrogens with one attached hydrogen (secondary N) is 2. The molecule has 1 amide bonds. The number of amides is 1. The van der Waals surface area contributed by atoms with Gasteiger partial charge in [0, 0.05) is 31.2 Å². The van der Waals surface area contributed by atoms with Crippen molar-refractivity contribution in [3.63, 3.8) is 0 Å². The van der Waals surface area contributed by atoms with Crippen molar-refractivity contribution in [3.05, 3.63) is 66.2 Å². The number of aryl methyl sites for hydroxylation is 1. The number of rotatable bonds is 6. The van der Waals surface area contributed by atoms with E-state index in [1.165, 1.54) is 0 Å². The smallest absolute Gasteiger partial charge is 0.242 e. The van der Waals surface area contributed by atoms with Gasteiger partial charge in [-0.2, -0.15) is 10.2 Å². The molecule has 3 rings (SSSR count). The van der Waals surface area contributed by atoms with Gasteiger partial charge in [-0.3, -0.25) is 9.48 Å². The summed E-state index contributed by atoms with van der Waals surface area (Å²) in [6.07, 6.45) is 7.17. The number of aromatic nitrogens is 4. The van der Waals surface area contributed by atoms with Crippen LogP contribution in [0.3, 0.4) is 0 Å². The molecule has 0 aliphatic carbocycles. The van der Waals surface area contributed by atoms with Gasteiger partial charge in [0.15, 0.2) is 0 Å². The standard InChI is InChI=1S/C18H22N6O/c1-13(14-5-7-16(8-6-14)24-10-4-9-20-24)22-18(25)17(19-2)15-11-21-23(3)12-15/h4-13,17,19H,1-3H3,(H,22,25). The quantitative estimate of drug-likeness (QED) is 0.718. The summed E-state index contributed by atoms with van der Waals surface area (Å²) in [5, 5.41) is 14.4. The average Bonchev–Trinajstić information content (AvgIpc) is 3.28. The molecule has 3 aromatic rings. The minimum absolute atomic E-state index is 0.0841. The molecule has 0 radical (unpaired) electrons. The van der Waals surface area contributed by atoms with Crippen molar-refractivity contribution >= 4 is 5.91 Å². The monoisotopic (exact) mass is 338 g/mol. The molecule has 130 valence electrons. The molecule has 2 atom stereocenters. The van der Waals surface area contributed by atoms with Gasteiger partial charge in [-0.05, 0) is 37.7 Å². The second-order valence-corrected chi connectivity index (χ2v) is 5.94. The first-order chi connectivity index (χ1) is 12.1. The first kappa shape index (κ1) is 16.9. The predicted molar refractivity (Wildman–Crippen MR) is 95.1 cm³/mol. The maximum Gasteiger partial charge on any atom is 0.242 e. The van der Waals surface area contributed by atoms with E-state index in [0.29, 0.717) is 0 Å². The van der Waals surface area contributed by atoms with Gasteiger partial charge in [0.2, 0.25) is 5.91 Å². The van der Waals surface area contributed by atoms with E-state index in [1.54, 1.807) is 28.8 Å². The molecule has 0 bridgehead atoms. The Hall–Kier alpha value is -2.93. The van der Waals surface area contributed by atoms with E-state index in [2.05, 4.69) is 20.8 Å². The SMILES string of the molecule is CNC(C(=O)NC(C)c1ccc(-n2cccn2)cc1)c1cnn(C)c1. The molecule has 0 aliphatic rings. The third-order valence-corrected chi connectivity index (χ3v) is 4.13. The number of hydrogen-bond acceptors (Lipinski definition) is 4. The lowest BCUT2D eigenvalue weighted by molar-refractivity contribution is -0.123. The van der Waals surface area contributed by atoms with Crippen LogP contribution in [0.1, 0.15) is 30.1 Å². The Morgan fingerprint density at radius 1 is 1.16 bits per heavy atom. The van der Waals surface area contributed by atoms with Crippen LogP contribution >= 0.6 is 0 Å². The number of nitrogens with zero attached hydrogens (tertiary/aromatic N) is 4. The highest BCUT2D eigenvalue weighted by Crippen LogP contribution is 2.18. The zero-order valence-electron chi connectivity index (χ0n) is 14.5. The Labute approximate surface area is 146 Å². The van der Waals surface area contributed by atoms with E-state index in [-0.39, 0.29) is 11.9 Å². The second-order valence-electron chi connectivity index (χ2n) is 5.94. The van der Waals surface area contributed by atoms with Crippen molar-refractivity contribution < 1.29 is 4.79 Å². The lowest BCUT2D eigenvalue weighted by Crippen LogP contribution is -2.37. The summed E-state index contributed by atoms with van der Waals surface area (Å²) < 4.78 is 3.48. The Bertz CT molecular complexity index is 822. The minimum Gasteiger partial charge on any atom is -0.348 e. The fraction of sp³-hybridized carbons (Fsp3) is 0.278. The van der Waals surface area contributed by atoms with Crippen LogP contribution in [0.25, 0.3) is 5.69 Å². The maximum atomic E-state index is 12.6. The molecule has 0 saturated carbocycles. The summed E-state index contributed by atoms with van der Waals surface area (Å²) in [6, 6.07) is 9.32. The maximum absolute atomic E-state index is 12.6. The fourth-order valence-electron chi connectivity index (χ4n) is 2.76. The Kier molecular flexibility index (Phi) is 4.95. The summed E-state index contributed by atoms with van der Waals surface area (Å²) in [4.78, 5) is 12.6. The molecule has 2 N–H and O–H groups in total. The van der Waals surface area contributed by atoms with E-state index in [9.17, 15) is 4.79 Å². The number of benzene rings is 1. The van der Waals surface area contributed by atoms with Crippen molar-refractivity contribution in [1.29, 1.82) is 0 Å². The van der Waals surface area contributed by atoms with Gasteiger partial charge in [-0.15, -0.1) is 0 Å². The molecule has 0 aliphatic heterocycles. The molecule has 0 fully saturated rings. The molecule has 2 aromatic heterocycles. The first-order valence-corrected chi connectivity index (χ1v) is 8.14. The largest absolute Gasteiger partial charge is 0.348 e. The number of carbonyl (C=O) groups is 1. The zero-order valence-corrected chi connectivity index (χ0v) is 14.5. The van der Waals surface area contributed by atoms with Crippen molar-refractivity contribution in [1.82, 2.24) is 30.2 Å². The molecular formula is C18H22N6O. The summed E-state index contributed by atoms with van der Waals surface area (Å²) in [5.74, 6) is -0.0841. The molecule has 0 saturated heterocycles. The molecule has 0 spiro atoms. The first-order valence-electron chi connectivity index (χ1n) is 8.14. The van der Waals surface area contributed by atoms with E-state index < -0.39 is 6.04 Å². The number of carbonyl (C=O) groups excluding carboxylic acids is 1. The van der Waals surface area contributed by atoms with Gasteiger partial charge >= 0.3 is 0 Å². The van der Waals surface area contributed by atoms with E-state index in [4.69, 9.17) is 0 Å². The highest BCUT2D eigenvalue weighted by Gasteiger charge is 2.22. The van der Waals surface area contributed by atoms with E-state index >= 15 is 0 Å². The average molecular weight is 338 g/mol.